The molecule has 0 spiro atoms. The lowest BCUT2D eigenvalue weighted by Crippen LogP contribution is -2.45. The number of likely N-dealkylation sites (tertiary alicyclic amines) is 1. The molecule has 2 heterocycles. The van der Waals surface area contributed by atoms with Crippen LogP contribution in [-0.4, -0.2) is 83.8 Å². The summed E-state index contributed by atoms with van der Waals surface area (Å²) < 4.78 is 0. The first-order valence-electron chi connectivity index (χ1n) is 14.8. The number of amides is 2. The van der Waals surface area contributed by atoms with Crippen LogP contribution in [0, 0.1) is 5.41 Å². The molecule has 2 amide bonds. The first-order valence-corrected chi connectivity index (χ1v) is 14.8. The number of nitrogen functional groups attached to an aromatic ring is 1. The molecule has 2 aromatic carbocycles. The number of piperidine rings is 1. The lowest BCUT2D eigenvalue weighted by molar-refractivity contribution is -0.127. The molecule has 0 radical (unpaired) electrons. The summed E-state index contributed by atoms with van der Waals surface area (Å²) in [5.41, 5.74) is 12.8. The molecule has 1 fully saturated rings. The number of carbonyl (C=O) groups excluding carboxylic acids is 2. The van der Waals surface area contributed by atoms with Gasteiger partial charge in [-0.25, -0.2) is 4.98 Å². The Bertz CT molecular complexity index is 1440. The maximum absolute atomic E-state index is 13.0. The molecule has 5 rings (SSSR count). The number of hydrogen-bond donors (Lipinski definition) is 4. The highest BCUT2D eigenvalue weighted by Gasteiger charge is 2.30. The Morgan fingerprint density at radius 3 is 2.36 bits per heavy atom. The molecule has 1 aromatic heterocycles. The monoisotopic (exact) mass is 572 g/mol. The van der Waals surface area contributed by atoms with Gasteiger partial charge in [0.05, 0.1) is 16.8 Å². The van der Waals surface area contributed by atoms with Crippen LogP contribution in [0.3, 0.4) is 0 Å². The van der Waals surface area contributed by atoms with E-state index in [1.54, 1.807) is 18.9 Å². The fourth-order valence-electron chi connectivity index (χ4n) is 5.64. The summed E-state index contributed by atoms with van der Waals surface area (Å²) in [4.78, 5) is 32.0. The maximum Gasteiger partial charge on any atom is 0.253 e. The van der Waals surface area contributed by atoms with Gasteiger partial charge in [-0.3, -0.25) is 9.59 Å². The average molecular weight is 573 g/mol. The number of fused-ring (bicyclic) bond motifs is 3. The highest BCUT2D eigenvalue weighted by molar-refractivity contribution is 6.05. The molecule has 0 bridgehead atoms. The number of nitrogens with two attached hydrogens (primary N) is 1. The molecule has 224 valence electrons. The van der Waals surface area contributed by atoms with E-state index in [0.717, 1.165) is 66.5 Å². The van der Waals surface area contributed by atoms with E-state index in [4.69, 9.17) is 16.1 Å². The molecule has 9 heteroatoms. The van der Waals surface area contributed by atoms with Gasteiger partial charge in [0.15, 0.2) is 0 Å². The third-order valence-electron chi connectivity index (χ3n) is 8.46. The number of pyridine rings is 1. The number of benzene rings is 2. The van der Waals surface area contributed by atoms with Crippen molar-refractivity contribution in [3.8, 4) is 11.3 Å². The minimum absolute atomic E-state index is 0.0108. The minimum atomic E-state index is -0.677. The van der Waals surface area contributed by atoms with Crippen LogP contribution in [0.5, 0.6) is 0 Å². The van der Waals surface area contributed by atoms with Gasteiger partial charge in [-0.1, -0.05) is 12.1 Å². The van der Waals surface area contributed by atoms with Crippen LogP contribution in [0.2, 0.25) is 0 Å². The normalized spacial score (nSPS) is 15.8. The summed E-state index contributed by atoms with van der Waals surface area (Å²) in [5.74, 6) is 0.127. The van der Waals surface area contributed by atoms with Crippen LogP contribution in [0.15, 0.2) is 36.4 Å². The number of aryl methyl sites for hydroxylation is 1. The molecule has 1 aliphatic carbocycles. The summed E-state index contributed by atoms with van der Waals surface area (Å²) >= 11 is 0. The molecular formula is C33H44N6O3. The molecule has 2 aliphatic rings. The van der Waals surface area contributed by atoms with Crippen molar-refractivity contribution in [3.63, 3.8) is 0 Å². The van der Waals surface area contributed by atoms with E-state index in [9.17, 15) is 14.7 Å². The number of carbonyl (C=O) groups is 2. The summed E-state index contributed by atoms with van der Waals surface area (Å²) in [6, 6.07) is 11.5. The molecule has 9 nitrogen and oxygen atoms in total. The van der Waals surface area contributed by atoms with Crippen LogP contribution >= 0.6 is 0 Å². The Hall–Kier alpha value is -3.82. The molecular weight excluding hydrogens is 528 g/mol. The summed E-state index contributed by atoms with van der Waals surface area (Å²) in [6.07, 6.45) is 6.70. The number of aliphatic hydroxyl groups is 1. The fourth-order valence-corrected chi connectivity index (χ4v) is 5.64. The fraction of sp³-hybridized carbons (Fsp3) is 0.455. The number of rotatable bonds is 6. The Morgan fingerprint density at radius 2 is 1.76 bits per heavy atom. The zero-order valence-electron chi connectivity index (χ0n) is 25.3. The Morgan fingerprint density at radius 1 is 1.12 bits per heavy atom. The van der Waals surface area contributed by atoms with Gasteiger partial charge in [-0.05, 0) is 87.9 Å². The molecule has 1 saturated heterocycles. The number of nitrogens with zero attached hydrogens (tertiary/aromatic N) is 3. The van der Waals surface area contributed by atoms with Crippen LogP contribution in [0.25, 0.3) is 22.2 Å². The molecule has 1 aliphatic heterocycles. The lowest BCUT2D eigenvalue weighted by Gasteiger charge is -2.35. The van der Waals surface area contributed by atoms with Crippen molar-refractivity contribution in [2.75, 3.05) is 46.0 Å². The van der Waals surface area contributed by atoms with Crippen LogP contribution in [-0.2, 0) is 17.6 Å². The number of aromatic nitrogens is 1. The van der Waals surface area contributed by atoms with Crippen molar-refractivity contribution in [2.45, 2.75) is 58.0 Å². The van der Waals surface area contributed by atoms with Crippen molar-refractivity contribution in [2.24, 2.45) is 0 Å². The molecule has 5 N–H and O–H groups in total. The second-order valence-electron chi connectivity index (χ2n) is 11.6. The Kier molecular flexibility index (Phi) is 9.96. The largest absolute Gasteiger partial charge is 0.398 e. The van der Waals surface area contributed by atoms with Crippen LogP contribution in [0.1, 0.15) is 66.6 Å². The SMILES string of the molecule is CC1(O)CCN(C(=O)c2ccc(-c3nc4ccc(N)c(C=N)c4c4c3CCCC4)cc2)CC1.CNCCN(C)C(C)=O. The zero-order chi connectivity index (χ0) is 30.4. The summed E-state index contributed by atoms with van der Waals surface area (Å²) in [7, 11) is 3.66. The number of likely N-dealkylation sites (N-methyl/N-ethyl adjacent to an activating group) is 2. The van der Waals surface area contributed by atoms with E-state index in [-0.39, 0.29) is 11.8 Å². The first-order chi connectivity index (χ1) is 20.1. The predicted molar refractivity (Wildman–Crippen MR) is 169 cm³/mol. The van der Waals surface area contributed by atoms with Crippen LogP contribution in [0.4, 0.5) is 5.69 Å². The molecule has 42 heavy (non-hydrogen) atoms. The van der Waals surface area contributed by atoms with Gasteiger partial charge in [0.25, 0.3) is 5.91 Å². The second kappa shape index (κ2) is 13.4. The molecule has 3 aromatic rings. The van der Waals surface area contributed by atoms with E-state index in [1.165, 1.54) is 17.3 Å². The van der Waals surface area contributed by atoms with E-state index < -0.39 is 5.60 Å². The van der Waals surface area contributed by atoms with Crippen molar-refractivity contribution < 1.29 is 14.7 Å². The van der Waals surface area contributed by atoms with Crippen molar-refractivity contribution in [1.82, 2.24) is 20.1 Å². The molecule has 0 saturated carbocycles. The van der Waals surface area contributed by atoms with Gasteiger partial charge < -0.3 is 31.4 Å². The third kappa shape index (κ3) is 6.97. The minimum Gasteiger partial charge on any atom is -0.398 e. The zero-order valence-corrected chi connectivity index (χ0v) is 25.3. The average Bonchev–Trinajstić information content (AvgIpc) is 2.99. The van der Waals surface area contributed by atoms with Gasteiger partial charge in [0, 0.05) is 74.1 Å². The van der Waals surface area contributed by atoms with Crippen molar-refractivity contribution in [3.05, 3.63) is 58.7 Å². The van der Waals surface area contributed by atoms with E-state index in [0.29, 0.717) is 37.2 Å². The standard InChI is InChI=1S/C27H30N4O2.C6H14N2O/c1-27(33)12-14-31(15-13-27)26(32)18-8-6-17(7-9-18)25-20-5-3-2-4-19(20)24-21(16-28)22(29)10-11-23(24)30-25;1-6(9)8(3)5-4-7-2/h6-11,16,28,33H,2-5,12-15,29H2,1H3;7H,4-5H2,1-3H3. The smallest absolute Gasteiger partial charge is 0.253 e. The summed E-state index contributed by atoms with van der Waals surface area (Å²) in [5, 5.41) is 22.0. The van der Waals surface area contributed by atoms with Gasteiger partial charge in [0.1, 0.15) is 0 Å². The Labute approximate surface area is 248 Å². The van der Waals surface area contributed by atoms with Gasteiger partial charge in [-0.2, -0.15) is 0 Å². The van der Waals surface area contributed by atoms with Gasteiger partial charge in [0.2, 0.25) is 5.91 Å². The first kappa shape index (κ1) is 31.1. The van der Waals surface area contributed by atoms with Crippen molar-refractivity contribution in [1.29, 1.82) is 5.41 Å². The maximum atomic E-state index is 13.0. The lowest BCUT2D eigenvalue weighted by atomic mass is 9.84. The van der Waals surface area contributed by atoms with Gasteiger partial charge in [-0.15, -0.1) is 0 Å². The van der Waals surface area contributed by atoms with Crippen LogP contribution < -0.4 is 11.1 Å². The van der Waals surface area contributed by atoms with Crippen molar-refractivity contribution >= 4 is 34.6 Å². The number of anilines is 1. The van der Waals surface area contributed by atoms with E-state index >= 15 is 0 Å². The van der Waals surface area contributed by atoms with E-state index in [1.807, 2.05) is 55.3 Å². The molecule has 0 unspecified atom stereocenters. The second-order valence-corrected chi connectivity index (χ2v) is 11.6. The third-order valence-corrected chi connectivity index (χ3v) is 8.46. The quantitative estimate of drug-likeness (QED) is 0.260. The highest BCUT2D eigenvalue weighted by atomic mass is 16.3. The highest BCUT2D eigenvalue weighted by Crippen LogP contribution is 2.37. The predicted octanol–water partition coefficient (Wildman–Crippen LogP) is 4.03. The topological polar surface area (TPSA) is 136 Å². The summed E-state index contributed by atoms with van der Waals surface area (Å²) in [6.45, 7) is 6.19. The van der Waals surface area contributed by atoms with Gasteiger partial charge >= 0.3 is 0 Å². The van der Waals surface area contributed by atoms with E-state index in [2.05, 4.69) is 5.32 Å². The number of hydrogen-bond acceptors (Lipinski definition) is 7. The molecule has 0 atom stereocenters. The number of nitrogens with one attached hydrogen (secondary N) is 2. The Balaban J connectivity index is 0.000000392.